The molecule has 4 nitrogen and oxygen atoms in total. The van der Waals surface area contributed by atoms with Crippen LogP contribution in [0.15, 0.2) is 33.5 Å². The number of nitrogens with zero attached hydrogens (tertiary/aromatic N) is 1. The number of ether oxygens (including phenoxy) is 1. The Morgan fingerprint density at radius 1 is 1.29 bits per heavy atom. The molecule has 0 aliphatic rings. The van der Waals surface area contributed by atoms with Gasteiger partial charge in [0.1, 0.15) is 16.0 Å². The Balaban J connectivity index is 2.46. The van der Waals surface area contributed by atoms with Crippen LogP contribution in [-0.2, 0) is 11.8 Å². The van der Waals surface area contributed by atoms with Crippen molar-refractivity contribution in [3.8, 4) is 5.75 Å². The topological polar surface area (TPSA) is 55.0 Å². The molecule has 1 heterocycles. The lowest BCUT2D eigenvalue weighted by Crippen LogP contribution is -2.23. The molecule has 0 unspecified atom stereocenters. The van der Waals surface area contributed by atoms with E-state index in [4.69, 9.17) is 4.74 Å². The van der Waals surface area contributed by atoms with Gasteiger partial charge in [-0.2, -0.15) is 0 Å². The van der Waals surface area contributed by atoms with Gasteiger partial charge >= 0.3 is 0 Å². The highest BCUT2D eigenvalue weighted by atomic mass is 79.9. The van der Waals surface area contributed by atoms with Crippen LogP contribution in [0.4, 0.5) is 0 Å². The van der Waals surface area contributed by atoms with Crippen molar-refractivity contribution in [2.75, 3.05) is 7.11 Å². The van der Waals surface area contributed by atoms with Gasteiger partial charge in [0.15, 0.2) is 0 Å². The van der Waals surface area contributed by atoms with E-state index in [9.17, 15) is 4.79 Å². The van der Waals surface area contributed by atoms with E-state index in [1.54, 1.807) is 7.11 Å². The Morgan fingerprint density at radius 3 is 2.57 bits per heavy atom. The molecular formula is C16H19BrN2O2. The first-order valence-electron chi connectivity index (χ1n) is 6.74. The smallest absolute Gasteiger partial charge is 0.265 e. The van der Waals surface area contributed by atoms with Gasteiger partial charge in [-0.1, -0.05) is 39.0 Å². The lowest BCUT2D eigenvalue weighted by molar-refractivity contribution is 0.410. The number of nitrogens with one attached hydrogen (secondary N) is 1. The number of halogens is 1. The summed E-state index contributed by atoms with van der Waals surface area (Å²) in [7, 11) is 1.64. The fourth-order valence-corrected chi connectivity index (χ4v) is 2.90. The second-order valence-corrected chi connectivity index (χ2v) is 6.71. The number of para-hydroxylation sites is 1. The van der Waals surface area contributed by atoms with E-state index >= 15 is 0 Å². The first-order chi connectivity index (χ1) is 9.82. The molecule has 0 radical (unpaired) electrons. The third-order valence-corrected chi connectivity index (χ3v) is 3.91. The van der Waals surface area contributed by atoms with Crippen LogP contribution in [0.1, 0.15) is 37.9 Å². The van der Waals surface area contributed by atoms with Gasteiger partial charge in [-0.25, -0.2) is 4.98 Å². The molecule has 0 saturated heterocycles. The van der Waals surface area contributed by atoms with Gasteiger partial charge in [0.05, 0.1) is 12.8 Å². The lowest BCUT2D eigenvalue weighted by Gasteiger charge is -2.19. The van der Waals surface area contributed by atoms with Crippen LogP contribution in [0, 0.1) is 0 Å². The van der Waals surface area contributed by atoms with Gasteiger partial charge in [-0.3, -0.25) is 4.79 Å². The summed E-state index contributed by atoms with van der Waals surface area (Å²) in [6, 6.07) is 7.73. The molecule has 0 amide bonds. The van der Waals surface area contributed by atoms with E-state index in [1.807, 2.05) is 45.0 Å². The molecule has 0 aliphatic carbocycles. The van der Waals surface area contributed by atoms with Crippen molar-refractivity contribution < 1.29 is 4.74 Å². The molecule has 112 valence electrons. The molecule has 0 aliphatic heterocycles. The molecule has 0 atom stereocenters. The molecule has 0 spiro atoms. The normalized spacial score (nSPS) is 11.5. The highest BCUT2D eigenvalue weighted by molar-refractivity contribution is 9.10. The summed E-state index contributed by atoms with van der Waals surface area (Å²) in [6.45, 7) is 6.10. The van der Waals surface area contributed by atoms with Crippen LogP contribution in [0.25, 0.3) is 0 Å². The number of methoxy groups -OCH3 is 1. The minimum atomic E-state index is -0.206. The molecule has 1 N–H and O–H groups in total. The van der Waals surface area contributed by atoms with E-state index in [1.165, 1.54) is 0 Å². The van der Waals surface area contributed by atoms with Crippen molar-refractivity contribution in [3.63, 3.8) is 0 Å². The van der Waals surface area contributed by atoms with Crippen LogP contribution in [0.2, 0.25) is 0 Å². The van der Waals surface area contributed by atoms with E-state index in [0.29, 0.717) is 16.7 Å². The maximum Gasteiger partial charge on any atom is 0.265 e. The zero-order valence-corrected chi connectivity index (χ0v) is 14.2. The van der Waals surface area contributed by atoms with Gasteiger partial charge in [-0.05, 0) is 22.0 Å². The number of aromatic amines is 1. The van der Waals surface area contributed by atoms with Crippen molar-refractivity contribution in [2.45, 2.75) is 32.6 Å². The third-order valence-electron chi connectivity index (χ3n) is 3.17. The summed E-state index contributed by atoms with van der Waals surface area (Å²) >= 11 is 3.33. The maximum absolute atomic E-state index is 12.1. The first-order valence-corrected chi connectivity index (χ1v) is 7.53. The van der Waals surface area contributed by atoms with E-state index in [-0.39, 0.29) is 11.0 Å². The van der Waals surface area contributed by atoms with Gasteiger partial charge in [-0.15, -0.1) is 0 Å². The van der Waals surface area contributed by atoms with Gasteiger partial charge in [0.2, 0.25) is 0 Å². The number of aromatic nitrogens is 2. The Kier molecular flexibility index (Phi) is 4.52. The van der Waals surface area contributed by atoms with Gasteiger partial charge in [0.25, 0.3) is 5.56 Å². The van der Waals surface area contributed by atoms with Gasteiger partial charge in [0, 0.05) is 17.4 Å². The monoisotopic (exact) mass is 350 g/mol. The van der Waals surface area contributed by atoms with Crippen molar-refractivity contribution in [2.24, 2.45) is 0 Å². The SMILES string of the molecule is COc1ccccc1Cc1nc(C(C)(C)C)c(Br)c(=O)[nH]1. The predicted octanol–water partition coefficient (Wildman–Crippen LogP) is 3.43. The molecule has 0 fully saturated rings. The molecule has 21 heavy (non-hydrogen) atoms. The fourth-order valence-electron chi connectivity index (χ4n) is 2.12. The third kappa shape index (κ3) is 3.53. The molecule has 1 aromatic carbocycles. The molecule has 5 heteroatoms. The Bertz CT molecular complexity index is 702. The van der Waals surface area contributed by atoms with Crippen LogP contribution < -0.4 is 10.3 Å². The van der Waals surface area contributed by atoms with E-state index in [0.717, 1.165) is 17.0 Å². The Labute approximate surface area is 132 Å². The zero-order valence-electron chi connectivity index (χ0n) is 12.7. The molecule has 0 bridgehead atoms. The average Bonchev–Trinajstić information content (AvgIpc) is 2.42. The number of benzene rings is 1. The number of H-pyrrole nitrogens is 1. The van der Waals surface area contributed by atoms with Gasteiger partial charge < -0.3 is 9.72 Å². The summed E-state index contributed by atoms with van der Waals surface area (Å²) < 4.78 is 5.84. The maximum atomic E-state index is 12.1. The second-order valence-electron chi connectivity index (χ2n) is 5.91. The van der Waals surface area contributed by atoms with Crippen molar-refractivity contribution in [1.82, 2.24) is 9.97 Å². The molecular weight excluding hydrogens is 332 g/mol. The standard InChI is InChI=1S/C16H19BrN2O2/c1-16(2,3)14-13(17)15(20)19-12(18-14)9-10-7-5-6-8-11(10)21-4/h5-8H,9H2,1-4H3,(H,18,19,20). The summed E-state index contributed by atoms with van der Waals surface area (Å²) in [6.07, 6.45) is 0.523. The average molecular weight is 351 g/mol. The quantitative estimate of drug-likeness (QED) is 0.922. The Morgan fingerprint density at radius 2 is 1.95 bits per heavy atom. The van der Waals surface area contributed by atoms with Crippen molar-refractivity contribution in [1.29, 1.82) is 0 Å². The summed E-state index contributed by atoms with van der Waals surface area (Å²) in [5.41, 5.74) is 1.39. The summed E-state index contributed by atoms with van der Waals surface area (Å²) in [4.78, 5) is 19.5. The van der Waals surface area contributed by atoms with E-state index in [2.05, 4.69) is 25.9 Å². The molecule has 1 aromatic heterocycles. The van der Waals surface area contributed by atoms with Crippen LogP contribution >= 0.6 is 15.9 Å². The lowest BCUT2D eigenvalue weighted by atomic mass is 9.92. The first kappa shape index (κ1) is 15.8. The molecule has 2 rings (SSSR count). The van der Waals surface area contributed by atoms with Crippen LogP contribution in [-0.4, -0.2) is 17.1 Å². The van der Waals surface area contributed by atoms with Crippen molar-refractivity contribution in [3.05, 3.63) is 56.2 Å². The molecule has 0 saturated carbocycles. The predicted molar refractivity (Wildman–Crippen MR) is 87.1 cm³/mol. The fraction of sp³-hybridized carbons (Fsp3) is 0.375. The second kappa shape index (κ2) is 6.02. The molecule has 2 aromatic rings. The zero-order chi connectivity index (χ0) is 15.6. The minimum Gasteiger partial charge on any atom is -0.496 e. The number of hydrogen-bond donors (Lipinski definition) is 1. The van der Waals surface area contributed by atoms with Crippen molar-refractivity contribution >= 4 is 15.9 Å². The van der Waals surface area contributed by atoms with E-state index < -0.39 is 0 Å². The summed E-state index contributed by atoms with van der Waals surface area (Å²) in [5, 5.41) is 0. The number of hydrogen-bond acceptors (Lipinski definition) is 3. The highest BCUT2D eigenvalue weighted by Crippen LogP contribution is 2.26. The largest absolute Gasteiger partial charge is 0.496 e. The Hall–Kier alpha value is -1.62. The number of rotatable bonds is 3. The van der Waals surface area contributed by atoms with Crippen LogP contribution in [0.5, 0.6) is 5.75 Å². The minimum absolute atomic E-state index is 0.153. The van der Waals surface area contributed by atoms with Crippen LogP contribution in [0.3, 0.4) is 0 Å². The summed E-state index contributed by atoms with van der Waals surface area (Å²) in [5.74, 6) is 1.43. The highest BCUT2D eigenvalue weighted by Gasteiger charge is 2.22.